The van der Waals surface area contributed by atoms with E-state index in [0.29, 0.717) is 31.9 Å². The van der Waals surface area contributed by atoms with Crippen LogP contribution in [0.1, 0.15) is 27.5 Å². The quantitative estimate of drug-likeness (QED) is 0.609. The van der Waals surface area contributed by atoms with Crippen LogP contribution < -0.4 is 0 Å². The number of pyridine rings is 1. The van der Waals surface area contributed by atoms with Crippen molar-refractivity contribution >= 4 is 11.8 Å². The van der Waals surface area contributed by atoms with Gasteiger partial charge in [0, 0.05) is 51.2 Å². The van der Waals surface area contributed by atoms with E-state index >= 15 is 0 Å². The third kappa shape index (κ3) is 3.78. The molecule has 170 valence electrons. The number of ether oxygens (including phenoxy) is 1. The van der Waals surface area contributed by atoms with Gasteiger partial charge in [0.1, 0.15) is 11.5 Å². The molecule has 1 aromatic carbocycles. The minimum Gasteiger partial charge on any atom is -0.361 e. The van der Waals surface area contributed by atoms with Crippen molar-refractivity contribution in [3.05, 3.63) is 83.7 Å². The summed E-state index contributed by atoms with van der Waals surface area (Å²) in [5.41, 5.74) is 0.911. The van der Waals surface area contributed by atoms with E-state index in [1.807, 2.05) is 12.1 Å². The van der Waals surface area contributed by atoms with Gasteiger partial charge in [-0.15, -0.1) is 0 Å². The molecule has 3 aromatic rings. The third-order valence-electron chi connectivity index (χ3n) is 6.46. The summed E-state index contributed by atoms with van der Waals surface area (Å²) in [4.78, 5) is 34.8. The fourth-order valence-corrected chi connectivity index (χ4v) is 4.78. The predicted octanol–water partition coefficient (Wildman–Crippen LogP) is 1.99. The van der Waals surface area contributed by atoms with Gasteiger partial charge in [0.2, 0.25) is 0 Å². The van der Waals surface area contributed by atoms with Crippen LogP contribution in [0, 0.1) is 5.82 Å². The summed E-state index contributed by atoms with van der Waals surface area (Å²) in [6.07, 6.45) is 4.97. The molecule has 4 heterocycles. The van der Waals surface area contributed by atoms with Crippen LogP contribution in [0.2, 0.25) is 0 Å². The molecule has 8 nitrogen and oxygen atoms in total. The van der Waals surface area contributed by atoms with Gasteiger partial charge in [-0.25, -0.2) is 4.39 Å². The average molecular weight is 449 g/mol. The van der Waals surface area contributed by atoms with Crippen molar-refractivity contribution in [3.63, 3.8) is 0 Å². The molecule has 2 aliphatic rings. The van der Waals surface area contributed by atoms with E-state index in [9.17, 15) is 14.0 Å². The molecule has 0 radical (unpaired) electrons. The number of aryl methyl sites for hydroxylation is 1. The van der Waals surface area contributed by atoms with Crippen molar-refractivity contribution in [3.8, 4) is 0 Å². The third-order valence-corrected chi connectivity index (χ3v) is 6.46. The molecule has 33 heavy (non-hydrogen) atoms. The number of nitrogens with zero attached hydrogens (tertiary/aromatic N) is 5. The highest BCUT2D eigenvalue weighted by Crippen LogP contribution is 2.42. The zero-order chi connectivity index (χ0) is 23.0. The topological polar surface area (TPSA) is 80.6 Å². The van der Waals surface area contributed by atoms with Crippen LogP contribution in [-0.2, 0) is 23.1 Å². The zero-order valence-corrected chi connectivity index (χ0v) is 18.2. The molecular weight excluding hydrogens is 425 g/mol. The lowest BCUT2D eigenvalue weighted by atomic mass is 9.83. The van der Waals surface area contributed by atoms with Crippen molar-refractivity contribution in [1.82, 2.24) is 24.6 Å². The standard InChI is InChI=1S/C24H24FN5O3/c1-28-21(8-10-27-28)22(31)30-15-20(18-3-2-9-26-13-18)24(16-30)23(32)29(11-12-33-24)14-17-4-6-19(25)7-5-17/h2-10,13,20H,11-12,14-16H2,1H3/t20-,24-/m0/s1. The molecule has 0 aliphatic carbocycles. The molecule has 9 heteroatoms. The number of amides is 2. The van der Waals surface area contributed by atoms with Crippen LogP contribution in [-0.4, -0.2) is 68.2 Å². The predicted molar refractivity (Wildman–Crippen MR) is 117 cm³/mol. The summed E-state index contributed by atoms with van der Waals surface area (Å²) < 4.78 is 21.1. The molecule has 0 N–H and O–H groups in total. The Morgan fingerprint density at radius 1 is 1.21 bits per heavy atom. The molecule has 0 bridgehead atoms. The molecule has 2 aromatic heterocycles. The second-order valence-corrected chi connectivity index (χ2v) is 8.46. The van der Waals surface area contributed by atoms with Crippen LogP contribution >= 0.6 is 0 Å². The van der Waals surface area contributed by atoms with E-state index in [1.165, 1.54) is 16.8 Å². The lowest BCUT2D eigenvalue weighted by Crippen LogP contribution is -2.60. The van der Waals surface area contributed by atoms with Gasteiger partial charge in [0.05, 0.1) is 13.2 Å². The molecule has 1 spiro atoms. The molecule has 0 saturated carbocycles. The van der Waals surface area contributed by atoms with Gasteiger partial charge >= 0.3 is 0 Å². The number of likely N-dealkylation sites (tertiary alicyclic amines) is 1. The smallest absolute Gasteiger partial charge is 0.272 e. The van der Waals surface area contributed by atoms with Crippen molar-refractivity contribution in [2.45, 2.75) is 18.1 Å². The number of benzene rings is 1. The van der Waals surface area contributed by atoms with Gasteiger partial charge in [-0.1, -0.05) is 18.2 Å². The monoisotopic (exact) mass is 449 g/mol. The fraction of sp³-hybridized carbons (Fsp3) is 0.333. The minimum atomic E-state index is -1.21. The Hall–Kier alpha value is -3.59. The van der Waals surface area contributed by atoms with Crippen LogP contribution in [0.15, 0.2) is 61.1 Å². The number of morpholine rings is 1. The first-order valence-corrected chi connectivity index (χ1v) is 10.8. The van der Waals surface area contributed by atoms with Gasteiger partial charge in [-0.2, -0.15) is 5.10 Å². The normalized spacial score (nSPS) is 22.8. The minimum absolute atomic E-state index is 0.134. The Morgan fingerprint density at radius 2 is 2.03 bits per heavy atom. The number of rotatable bonds is 4. The summed E-state index contributed by atoms with van der Waals surface area (Å²) in [5.74, 6) is -1.06. The largest absolute Gasteiger partial charge is 0.361 e. The summed E-state index contributed by atoms with van der Waals surface area (Å²) in [5, 5.41) is 4.10. The highest BCUT2D eigenvalue weighted by molar-refractivity contribution is 5.95. The lowest BCUT2D eigenvalue weighted by Gasteiger charge is -2.42. The maximum absolute atomic E-state index is 13.9. The van der Waals surface area contributed by atoms with E-state index in [1.54, 1.807) is 53.6 Å². The first-order chi connectivity index (χ1) is 16.0. The maximum atomic E-state index is 13.9. The number of carbonyl (C=O) groups is 2. The highest BCUT2D eigenvalue weighted by atomic mass is 19.1. The Balaban J connectivity index is 1.48. The molecule has 2 aliphatic heterocycles. The van der Waals surface area contributed by atoms with Gasteiger partial charge in [-0.3, -0.25) is 19.3 Å². The van der Waals surface area contributed by atoms with Gasteiger partial charge in [0.25, 0.3) is 11.8 Å². The second kappa shape index (κ2) is 8.40. The van der Waals surface area contributed by atoms with Crippen molar-refractivity contribution < 1.29 is 18.7 Å². The molecule has 5 rings (SSSR count). The molecule has 2 saturated heterocycles. The molecule has 0 unspecified atom stereocenters. The van der Waals surface area contributed by atoms with E-state index < -0.39 is 5.60 Å². The number of carbonyl (C=O) groups excluding carboxylic acids is 2. The summed E-state index contributed by atoms with van der Waals surface area (Å²) in [6.45, 7) is 1.58. The molecule has 2 fully saturated rings. The number of hydrogen-bond acceptors (Lipinski definition) is 5. The van der Waals surface area contributed by atoms with Crippen molar-refractivity contribution in [2.24, 2.45) is 7.05 Å². The molecule has 2 amide bonds. The Labute approximate surface area is 190 Å². The highest BCUT2D eigenvalue weighted by Gasteiger charge is 2.58. The van der Waals surface area contributed by atoms with Gasteiger partial charge < -0.3 is 14.5 Å². The van der Waals surface area contributed by atoms with Gasteiger partial charge in [0.15, 0.2) is 5.60 Å². The van der Waals surface area contributed by atoms with E-state index in [4.69, 9.17) is 4.74 Å². The summed E-state index contributed by atoms with van der Waals surface area (Å²) >= 11 is 0. The van der Waals surface area contributed by atoms with Crippen LogP contribution in [0.4, 0.5) is 4.39 Å². The summed E-state index contributed by atoms with van der Waals surface area (Å²) in [6, 6.07) is 11.5. The maximum Gasteiger partial charge on any atom is 0.272 e. The number of aromatic nitrogens is 3. The molecular formula is C24H24FN5O3. The van der Waals surface area contributed by atoms with Crippen LogP contribution in [0.3, 0.4) is 0 Å². The van der Waals surface area contributed by atoms with Crippen LogP contribution in [0.25, 0.3) is 0 Å². The van der Waals surface area contributed by atoms with E-state index in [-0.39, 0.29) is 30.1 Å². The van der Waals surface area contributed by atoms with E-state index in [2.05, 4.69) is 10.1 Å². The first-order valence-electron chi connectivity index (χ1n) is 10.8. The fourth-order valence-electron chi connectivity index (χ4n) is 4.78. The lowest BCUT2D eigenvalue weighted by molar-refractivity contribution is -0.172. The summed E-state index contributed by atoms with van der Waals surface area (Å²) in [7, 11) is 1.71. The average Bonchev–Trinajstić information content (AvgIpc) is 3.43. The van der Waals surface area contributed by atoms with Crippen molar-refractivity contribution in [2.75, 3.05) is 26.2 Å². The van der Waals surface area contributed by atoms with Crippen LogP contribution in [0.5, 0.6) is 0 Å². The zero-order valence-electron chi connectivity index (χ0n) is 18.2. The second-order valence-electron chi connectivity index (χ2n) is 8.46. The Bertz CT molecular complexity index is 1170. The Morgan fingerprint density at radius 3 is 2.73 bits per heavy atom. The van der Waals surface area contributed by atoms with E-state index in [0.717, 1.165) is 11.1 Å². The van der Waals surface area contributed by atoms with Crippen molar-refractivity contribution in [1.29, 1.82) is 0 Å². The Kier molecular flexibility index (Phi) is 5.41. The SMILES string of the molecule is Cn1nccc1C(=O)N1C[C@@H](c2cccnc2)[C@]2(C1)OCCN(Cc1ccc(F)cc1)C2=O. The first kappa shape index (κ1) is 21.3. The molecule has 2 atom stereocenters. The number of hydrogen-bond donors (Lipinski definition) is 0. The van der Waals surface area contributed by atoms with Gasteiger partial charge in [-0.05, 0) is 35.4 Å². The number of halogens is 1.